The fourth-order valence-corrected chi connectivity index (χ4v) is 1.47. The maximum Gasteiger partial charge on any atom is 0.149 e. The minimum absolute atomic E-state index is 0.102. The van der Waals surface area contributed by atoms with Crippen molar-refractivity contribution in [2.45, 2.75) is 18.9 Å². The average molecular weight is 183 g/mol. The van der Waals surface area contributed by atoms with Gasteiger partial charge in [-0.05, 0) is 25.0 Å². The summed E-state index contributed by atoms with van der Waals surface area (Å²) in [6.45, 7) is 0. The fourth-order valence-electron chi connectivity index (χ4n) is 1.47. The van der Waals surface area contributed by atoms with Gasteiger partial charge in [-0.2, -0.15) is 0 Å². The summed E-state index contributed by atoms with van der Waals surface area (Å²) in [6, 6.07) is 4.29. The molecule has 1 nitrogen and oxygen atoms in total. The maximum atomic E-state index is 13.2. The van der Waals surface area contributed by atoms with Crippen molar-refractivity contribution in [2.24, 2.45) is 0 Å². The number of benzene rings is 1. The average Bonchev–Trinajstić information content (AvgIpc) is 2.85. The Hall–Kier alpha value is -1.12. The van der Waals surface area contributed by atoms with E-state index in [1.165, 1.54) is 18.2 Å². The first-order valence-electron chi connectivity index (χ1n) is 4.37. The summed E-state index contributed by atoms with van der Waals surface area (Å²) in [5.41, 5.74) is 0.102. The van der Waals surface area contributed by atoms with Crippen LogP contribution in [0.4, 0.5) is 14.5 Å². The Morgan fingerprint density at radius 2 is 1.77 bits per heavy atom. The lowest BCUT2D eigenvalue weighted by Crippen LogP contribution is -2.21. The van der Waals surface area contributed by atoms with Gasteiger partial charge in [0, 0.05) is 13.1 Å². The van der Waals surface area contributed by atoms with Gasteiger partial charge in [0.1, 0.15) is 17.3 Å². The van der Waals surface area contributed by atoms with Crippen LogP contribution in [0.2, 0.25) is 0 Å². The third kappa shape index (κ3) is 1.50. The molecule has 2 rings (SSSR count). The Morgan fingerprint density at radius 1 is 1.23 bits per heavy atom. The molecule has 0 aromatic heterocycles. The van der Waals surface area contributed by atoms with Gasteiger partial charge in [0.05, 0.1) is 0 Å². The second-order valence-corrected chi connectivity index (χ2v) is 3.41. The van der Waals surface area contributed by atoms with Crippen LogP contribution in [0.15, 0.2) is 18.2 Å². The largest absolute Gasteiger partial charge is 0.367 e. The zero-order valence-corrected chi connectivity index (χ0v) is 7.43. The molecular weight excluding hydrogens is 172 g/mol. The van der Waals surface area contributed by atoms with Crippen molar-refractivity contribution in [2.75, 3.05) is 11.9 Å². The van der Waals surface area contributed by atoms with E-state index in [0.717, 1.165) is 12.8 Å². The molecule has 0 radical (unpaired) electrons. The Morgan fingerprint density at radius 3 is 2.23 bits per heavy atom. The summed E-state index contributed by atoms with van der Waals surface area (Å²) in [5, 5.41) is 0. The smallest absolute Gasteiger partial charge is 0.149 e. The number of nitrogens with zero attached hydrogens (tertiary/aromatic N) is 1. The van der Waals surface area contributed by atoms with Crippen LogP contribution in [0, 0.1) is 11.6 Å². The molecule has 1 fully saturated rings. The van der Waals surface area contributed by atoms with Gasteiger partial charge in [-0.1, -0.05) is 6.07 Å². The van der Waals surface area contributed by atoms with E-state index in [0.29, 0.717) is 6.04 Å². The van der Waals surface area contributed by atoms with E-state index in [4.69, 9.17) is 0 Å². The molecule has 1 aliphatic rings. The molecule has 0 amide bonds. The molecule has 0 bridgehead atoms. The van der Waals surface area contributed by atoms with Crippen LogP contribution in [0.3, 0.4) is 0 Å². The fraction of sp³-hybridized carbons (Fsp3) is 0.400. The maximum absolute atomic E-state index is 13.2. The molecule has 0 saturated heterocycles. The van der Waals surface area contributed by atoms with Crippen molar-refractivity contribution in [3.63, 3.8) is 0 Å². The first kappa shape index (κ1) is 8.48. The highest BCUT2D eigenvalue weighted by molar-refractivity contribution is 5.50. The molecule has 1 saturated carbocycles. The monoisotopic (exact) mass is 183 g/mol. The molecule has 1 aliphatic carbocycles. The third-order valence-electron chi connectivity index (χ3n) is 2.38. The van der Waals surface area contributed by atoms with Crippen molar-refractivity contribution in [3.8, 4) is 0 Å². The van der Waals surface area contributed by atoms with Crippen LogP contribution in [0.1, 0.15) is 12.8 Å². The second-order valence-electron chi connectivity index (χ2n) is 3.41. The van der Waals surface area contributed by atoms with Crippen LogP contribution in [-0.4, -0.2) is 13.1 Å². The molecule has 1 aromatic carbocycles. The van der Waals surface area contributed by atoms with E-state index in [1.54, 1.807) is 11.9 Å². The predicted octanol–water partition coefficient (Wildman–Crippen LogP) is 2.56. The quantitative estimate of drug-likeness (QED) is 0.681. The highest BCUT2D eigenvalue weighted by Crippen LogP contribution is 2.32. The van der Waals surface area contributed by atoms with Crippen molar-refractivity contribution < 1.29 is 8.78 Å². The standard InChI is InChI=1S/C10H11F2N/c1-13(7-5-6-7)10-8(11)3-2-4-9(10)12/h2-4,7H,5-6H2,1H3. The number of para-hydroxylation sites is 1. The lowest BCUT2D eigenvalue weighted by Gasteiger charge is -2.19. The van der Waals surface area contributed by atoms with Crippen molar-refractivity contribution in [3.05, 3.63) is 29.8 Å². The van der Waals surface area contributed by atoms with Gasteiger partial charge in [0.2, 0.25) is 0 Å². The van der Waals surface area contributed by atoms with E-state index in [1.807, 2.05) is 0 Å². The van der Waals surface area contributed by atoms with Gasteiger partial charge in [0.15, 0.2) is 0 Å². The molecular formula is C10H11F2N. The van der Waals surface area contributed by atoms with Gasteiger partial charge in [-0.25, -0.2) is 8.78 Å². The highest BCUT2D eigenvalue weighted by Gasteiger charge is 2.29. The zero-order chi connectivity index (χ0) is 9.42. The van der Waals surface area contributed by atoms with E-state index in [-0.39, 0.29) is 5.69 Å². The van der Waals surface area contributed by atoms with E-state index in [2.05, 4.69) is 0 Å². The molecule has 3 heteroatoms. The van der Waals surface area contributed by atoms with Crippen molar-refractivity contribution in [1.82, 2.24) is 0 Å². The minimum Gasteiger partial charge on any atom is -0.367 e. The van der Waals surface area contributed by atoms with Gasteiger partial charge in [-0.3, -0.25) is 0 Å². The number of rotatable bonds is 2. The Labute approximate surface area is 76.0 Å². The first-order chi connectivity index (χ1) is 6.20. The molecule has 0 N–H and O–H groups in total. The van der Waals surface area contributed by atoms with Crippen molar-refractivity contribution >= 4 is 5.69 Å². The lowest BCUT2D eigenvalue weighted by molar-refractivity contribution is 0.576. The summed E-state index contributed by atoms with van der Waals surface area (Å²) in [5.74, 6) is -0.955. The molecule has 0 aliphatic heterocycles. The minimum atomic E-state index is -0.477. The third-order valence-corrected chi connectivity index (χ3v) is 2.38. The van der Waals surface area contributed by atoms with Crippen LogP contribution in [-0.2, 0) is 0 Å². The number of halogens is 2. The summed E-state index contributed by atoms with van der Waals surface area (Å²) in [6.07, 6.45) is 2.06. The van der Waals surface area contributed by atoms with Gasteiger partial charge >= 0.3 is 0 Å². The highest BCUT2D eigenvalue weighted by atomic mass is 19.1. The Bertz CT molecular complexity index is 300. The van der Waals surface area contributed by atoms with E-state index < -0.39 is 11.6 Å². The zero-order valence-electron chi connectivity index (χ0n) is 7.43. The number of anilines is 1. The molecule has 0 unspecified atom stereocenters. The normalized spacial score (nSPS) is 15.9. The second kappa shape index (κ2) is 2.98. The SMILES string of the molecule is CN(c1c(F)cccc1F)C1CC1. The van der Waals surface area contributed by atoms with Crippen LogP contribution in [0.5, 0.6) is 0 Å². The summed E-state index contributed by atoms with van der Waals surface area (Å²) in [7, 11) is 1.74. The topological polar surface area (TPSA) is 3.24 Å². The van der Waals surface area contributed by atoms with Gasteiger partial charge < -0.3 is 4.90 Å². The van der Waals surface area contributed by atoms with E-state index >= 15 is 0 Å². The molecule has 0 atom stereocenters. The van der Waals surface area contributed by atoms with Crippen LogP contribution < -0.4 is 4.90 Å². The molecule has 1 aromatic rings. The van der Waals surface area contributed by atoms with E-state index in [9.17, 15) is 8.78 Å². The van der Waals surface area contributed by atoms with Crippen LogP contribution >= 0.6 is 0 Å². The Balaban J connectivity index is 2.36. The first-order valence-corrected chi connectivity index (χ1v) is 4.37. The van der Waals surface area contributed by atoms with Crippen molar-refractivity contribution in [1.29, 1.82) is 0 Å². The summed E-state index contributed by atoms with van der Waals surface area (Å²) in [4.78, 5) is 1.69. The lowest BCUT2D eigenvalue weighted by atomic mass is 10.2. The number of hydrogen-bond acceptors (Lipinski definition) is 1. The summed E-state index contributed by atoms with van der Waals surface area (Å²) >= 11 is 0. The summed E-state index contributed by atoms with van der Waals surface area (Å²) < 4.78 is 26.4. The molecule has 13 heavy (non-hydrogen) atoms. The van der Waals surface area contributed by atoms with Gasteiger partial charge in [0.25, 0.3) is 0 Å². The van der Waals surface area contributed by atoms with Gasteiger partial charge in [-0.15, -0.1) is 0 Å². The Kier molecular flexibility index (Phi) is 1.94. The molecule has 0 spiro atoms. The number of hydrogen-bond donors (Lipinski definition) is 0. The molecule has 0 heterocycles. The predicted molar refractivity (Wildman–Crippen MR) is 47.8 cm³/mol. The molecule has 70 valence electrons. The van der Waals surface area contributed by atoms with Crippen LogP contribution in [0.25, 0.3) is 0 Å².